The first-order valence-electron chi connectivity index (χ1n) is 7.76. The van der Waals surface area contributed by atoms with E-state index in [0.717, 1.165) is 22.4 Å². The van der Waals surface area contributed by atoms with E-state index in [4.69, 9.17) is 4.74 Å². The average molecular weight is 325 g/mol. The number of benzene rings is 1. The minimum absolute atomic E-state index is 0.0929. The Morgan fingerprint density at radius 2 is 2.08 bits per heavy atom. The first-order valence-corrected chi connectivity index (χ1v) is 7.76. The van der Waals surface area contributed by atoms with Crippen molar-refractivity contribution < 1.29 is 14.3 Å². The summed E-state index contributed by atoms with van der Waals surface area (Å²) < 4.78 is 5.60. The number of ether oxygens (including phenoxy) is 1. The van der Waals surface area contributed by atoms with E-state index in [1.807, 2.05) is 26.0 Å². The molecule has 2 aromatic rings. The number of aryl methyl sites for hydroxylation is 2. The number of hydrogen-bond donors (Lipinski definition) is 2. The molecular weight excluding hydrogens is 306 g/mol. The summed E-state index contributed by atoms with van der Waals surface area (Å²) in [7, 11) is 0. The zero-order valence-electron chi connectivity index (χ0n) is 13.6. The van der Waals surface area contributed by atoms with Gasteiger partial charge in [0.25, 0.3) is 0 Å². The van der Waals surface area contributed by atoms with Crippen molar-refractivity contribution >= 4 is 17.5 Å². The number of anilines is 1. The summed E-state index contributed by atoms with van der Waals surface area (Å²) in [5.74, 6) is -0.141. The third-order valence-electron chi connectivity index (χ3n) is 4.09. The largest absolute Gasteiger partial charge is 0.492 e. The molecule has 1 atom stereocenters. The number of carbonyl (C=O) groups excluding carboxylic acids is 2. The number of nitrogens with one attached hydrogen (secondary N) is 2. The Kier molecular flexibility index (Phi) is 4.46. The van der Waals surface area contributed by atoms with Crippen molar-refractivity contribution in [3.8, 4) is 5.75 Å². The van der Waals surface area contributed by atoms with Gasteiger partial charge in [0.15, 0.2) is 0 Å². The maximum absolute atomic E-state index is 12.4. The second-order valence-electron chi connectivity index (χ2n) is 5.85. The highest BCUT2D eigenvalue weighted by molar-refractivity contribution is 5.95. The van der Waals surface area contributed by atoms with Crippen molar-refractivity contribution in [3.05, 3.63) is 53.3 Å². The smallest absolute Gasteiger partial charge is 0.243 e. The number of pyridine rings is 1. The Labute approximate surface area is 140 Å². The van der Waals surface area contributed by atoms with Crippen molar-refractivity contribution in [1.82, 2.24) is 10.3 Å². The molecule has 0 saturated heterocycles. The summed E-state index contributed by atoms with van der Waals surface area (Å²) in [5, 5.41) is 5.34. The van der Waals surface area contributed by atoms with E-state index in [1.54, 1.807) is 24.5 Å². The summed E-state index contributed by atoms with van der Waals surface area (Å²) in [6.07, 6.45) is 3.17. The zero-order valence-corrected chi connectivity index (χ0v) is 13.6. The fraction of sp³-hybridized carbons (Fsp3) is 0.278. The van der Waals surface area contributed by atoms with Crippen molar-refractivity contribution in [2.45, 2.75) is 19.8 Å². The van der Waals surface area contributed by atoms with Crippen molar-refractivity contribution in [1.29, 1.82) is 0 Å². The van der Waals surface area contributed by atoms with Crippen molar-refractivity contribution in [2.75, 3.05) is 18.5 Å². The lowest BCUT2D eigenvalue weighted by Crippen LogP contribution is -2.36. The summed E-state index contributed by atoms with van der Waals surface area (Å²) in [4.78, 5) is 28.2. The Hall–Kier alpha value is -2.89. The Morgan fingerprint density at radius 1 is 1.29 bits per heavy atom. The molecule has 0 bridgehead atoms. The van der Waals surface area contributed by atoms with Crippen LogP contribution in [0, 0.1) is 13.8 Å². The number of fused-ring (bicyclic) bond motifs is 1. The normalized spacial score (nSPS) is 15.3. The molecule has 0 unspecified atom stereocenters. The second kappa shape index (κ2) is 6.70. The molecule has 6 heteroatoms. The van der Waals surface area contributed by atoms with E-state index in [1.165, 1.54) is 0 Å². The molecule has 1 aromatic carbocycles. The number of nitrogens with zero attached hydrogens (tertiary/aromatic N) is 1. The first-order chi connectivity index (χ1) is 11.5. The van der Waals surface area contributed by atoms with Gasteiger partial charge in [-0.05, 0) is 43.2 Å². The molecule has 1 aromatic heterocycles. The van der Waals surface area contributed by atoms with E-state index in [-0.39, 0.29) is 24.3 Å². The lowest BCUT2D eigenvalue weighted by Gasteiger charge is -2.11. The monoisotopic (exact) mass is 325 g/mol. The minimum Gasteiger partial charge on any atom is -0.492 e. The van der Waals surface area contributed by atoms with Crippen LogP contribution in [-0.4, -0.2) is 29.9 Å². The molecule has 0 fully saturated rings. The van der Waals surface area contributed by atoms with Crippen molar-refractivity contribution in [3.63, 3.8) is 0 Å². The van der Waals surface area contributed by atoms with E-state index in [9.17, 15) is 9.59 Å². The summed E-state index contributed by atoms with van der Waals surface area (Å²) in [6, 6.07) is 7.40. The SMILES string of the molecule is Cc1cc2c(cc1C)[C@@H](C(=O)NCC(=O)Nc1cccnc1)CO2. The van der Waals surface area contributed by atoms with Gasteiger partial charge in [0, 0.05) is 11.8 Å². The zero-order chi connectivity index (χ0) is 17.1. The van der Waals surface area contributed by atoms with Crippen LogP contribution < -0.4 is 15.4 Å². The van der Waals surface area contributed by atoms with Crippen LogP contribution in [0.5, 0.6) is 5.75 Å². The maximum Gasteiger partial charge on any atom is 0.243 e. The van der Waals surface area contributed by atoms with Gasteiger partial charge < -0.3 is 15.4 Å². The summed E-state index contributed by atoms with van der Waals surface area (Å²) in [6.45, 7) is 4.22. The van der Waals surface area contributed by atoms with Gasteiger partial charge in [-0.1, -0.05) is 6.07 Å². The third-order valence-corrected chi connectivity index (χ3v) is 4.09. The Morgan fingerprint density at radius 3 is 2.83 bits per heavy atom. The third kappa shape index (κ3) is 3.37. The first kappa shape index (κ1) is 16.0. The number of amides is 2. The number of aromatic nitrogens is 1. The predicted octanol–water partition coefficient (Wildman–Crippen LogP) is 1.93. The quantitative estimate of drug-likeness (QED) is 0.900. The van der Waals surface area contributed by atoms with Crippen LogP contribution in [-0.2, 0) is 9.59 Å². The van der Waals surface area contributed by atoms with Crippen LogP contribution >= 0.6 is 0 Å². The van der Waals surface area contributed by atoms with Crippen LogP contribution in [0.4, 0.5) is 5.69 Å². The highest BCUT2D eigenvalue weighted by Gasteiger charge is 2.31. The standard InChI is InChI=1S/C18H19N3O3/c1-11-6-14-15(10-24-16(14)7-12(11)2)18(23)20-9-17(22)21-13-4-3-5-19-8-13/h3-8,15H,9-10H2,1-2H3,(H,20,23)(H,21,22)/t15-/m0/s1. The molecule has 0 radical (unpaired) electrons. The molecule has 6 nitrogen and oxygen atoms in total. The highest BCUT2D eigenvalue weighted by atomic mass is 16.5. The molecule has 1 aliphatic rings. The molecule has 0 aliphatic carbocycles. The molecule has 3 rings (SSSR count). The predicted molar refractivity (Wildman–Crippen MR) is 90.0 cm³/mol. The number of rotatable bonds is 4. The molecular formula is C18H19N3O3. The van der Waals surface area contributed by atoms with Gasteiger partial charge in [-0.25, -0.2) is 0 Å². The second-order valence-corrected chi connectivity index (χ2v) is 5.85. The molecule has 0 saturated carbocycles. The fourth-order valence-electron chi connectivity index (χ4n) is 2.62. The highest BCUT2D eigenvalue weighted by Crippen LogP contribution is 2.35. The van der Waals surface area contributed by atoms with Gasteiger partial charge in [0.2, 0.25) is 11.8 Å². The Balaban J connectivity index is 1.59. The van der Waals surface area contributed by atoms with Gasteiger partial charge in [-0.2, -0.15) is 0 Å². The molecule has 124 valence electrons. The lowest BCUT2D eigenvalue weighted by atomic mass is 9.96. The fourth-order valence-corrected chi connectivity index (χ4v) is 2.62. The maximum atomic E-state index is 12.4. The van der Waals surface area contributed by atoms with Crippen LogP contribution in [0.15, 0.2) is 36.7 Å². The Bertz CT molecular complexity index is 775. The number of carbonyl (C=O) groups is 2. The van der Waals surface area contributed by atoms with E-state index in [2.05, 4.69) is 15.6 Å². The lowest BCUT2D eigenvalue weighted by molar-refractivity contribution is -0.125. The van der Waals surface area contributed by atoms with Gasteiger partial charge in [0.05, 0.1) is 18.4 Å². The van der Waals surface area contributed by atoms with Crippen molar-refractivity contribution in [2.24, 2.45) is 0 Å². The van der Waals surface area contributed by atoms with Gasteiger partial charge in [-0.15, -0.1) is 0 Å². The average Bonchev–Trinajstić information content (AvgIpc) is 2.97. The molecule has 2 N–H and O–H groups in total. The van der Waals surface area contributed by atoms with Gasteiger partial charge in [0.1, 0.15) is 18.3 Å². The van der Waals surface area contributed by atoms with Crippen LogP contribution in [0.25, 0.3) is 0 Å². The topological polar surface area (TPSA) is 80.3 Å². The van der Waals surface area contributed by atoms with Crippen LogP contribution in [0.1, 0.15) is 22.6 Å². The molecule has 1 aliphatic heterocycles. The summed E-state index contributed by atoms with van der Waals surface area (Å²) in [5.41, 5.74) is 3.72. The molecule has 2 amide bonds. The molecule has 0 spiro atoms. The molecule has 2 heterocycles. The van der Waals surface area contributed by atoms with E-state index in [0.29, 0.717) is 12.3 Å². The van der Waals surface area contributed by atoms with E-state index >= 15 is 0 Å². The van der Waals surface area contributed by atoms with Crippen LogP contribution in [0.2, 0.25) is 0 Å². The van der Waals surface area contributed by atoms with Gasteiger partial charge >= 0.3 is 0 Å². The van der Waals surface area contributed by atoms with Gasteiger partial charge in [-0.3, -0.25) is 14.6 Å². The van der Waals surface area contributed by atoms with E-state index < -0.39 is 0 Å². The number of hydrogen-bond acceptors (Lipinski definition) is 4. The van der Waals surface area contributed by atoms with Crippen LogP contribution in [0.3, 0.4) is 0 Å². The summed E-state index contributed by atoms with van der Waals surface area (Å²) >= 11 is 0. The minimum atomic E-state index is -0.384. The molecule has 24 heavy (non-hydrogen) atoms.